The van der Waals surface area contributed by atoms with Gasteiger partial charge in [-0.05, 0) is 68.1 Å². The van der Waals surface area contributed by atoms with Gasteiger partial charge in [0.15, 0.2) is 5.78 Å². The van der Waals surface area contributed by atoms with E-state index in [2.05, 4.69) is 6.07 Å². The van der Waals surface area contributed by atoms with Crippen LogP contribution in [0.1, 0.15) is 54.6 Å². The number of benzene rings is 2. The monoisotopic (exact) mass is 381 g/mol. The molecule has 0 N–H and O–H groups in total. The third-order valence-electron chi connectivity index (χ3n) is 5.12. The number of likely N-dealkylation sites (tertiary alicyclic amines) is 1. The molecule has 1 heterocycles. The summed E-state index contributed by atoms with van der Waals surface area (Å²) in [5.74, 6) is 1.74. The van der Waals surface area contributed by atoms with E-state index in [1.54, 1.807) is 38.3 Å². The predicted octanol–water partition coefficient (Wildman–Crippen LogP) is 4.42. The highest BCUT2D eigenvalue weighted by atomic mass is 16.5. The van der Waals surface area contributed by atoms with E-state index in [0.29, 0.717) is 30.8 Å². The van der Waals surface area contributed by atoms with Crippen LogP contribution in [0.25, 0.3) is 0 Å². The summed E-state index contributed by atoms with van der Waals surface area (Å²) in [5, 5.41) is 0. The molecule has 0 radical (unpaired) electrons. The Morgan fingerprint density at radius 2 is 1.89 bits per heavy atom. The van der Waals surface area contributed by atoms with E-state index in [0.717, 1.165) is 30.7 Å². The lowest BCUT2D eigenvalue weighted by molar-refractivity contribution is -0.132. The minimum atomic E-state index is 0.0355. The molecular formula is C23H27NO4. The number of nitrogens with zero attached hydrogens (tertiary/aromatic N) is 1. The first kappa shape index (κ1) is 19.9. The summed E-state index contributed by atoms with van der Waals surface area (Å²) in [7, 11) is 1.66. The number of rotatable bonds is 8. The van der Waals surface area contributed by atoms with Gasteiger partial charge in [-0.3, -0.25) is 9.59 Å². The van der Waals surface area contributed by atoms with Crippen LogP contribution < -0.4 is 9.47 Å². The maximum Gasteiger partial charge on any atom is 0.223 e. The highest BCUT2D eigenvalue weighted by Gasteiger charge is 2.29. The van der Waals surface area contributed by atoms with Crippen LogP contribution in [0.2, 0.25) is 0 Å². The van der Waals surface area contributed by atoms with Gasteiger partial charge in [0.2, 0.25) is 5.91 Å². The van der Waals surface area contributed by atoms with Gasteiger partial charge in [0.05, 0.1) is 19.8 Å². The van der Waals surface area contributed by atoms with Gasteiger partial charge in [-0.15, -0.1) is 0 Å². The Hall–Kier alpha value is -2.82. The van der Waals surface area contributed by atoms with Crippen molar-refractivity contribution in [3.8, 4) is 11.5 Å². The summed E-state index contributed by atoms with van der Waals surface area (Å²) < 4.78 is 11.0. The molecule has 0 aliphatic carbocycles. The number of ketones is 1. The van der Waals surface area contributed by atoms with E-state index in [9.17, 15) is 9.59 Å². The van der Waals surface area contributed by atoms with Gasteiger partial charge in [0.1, 0.15) is 11.5 Å². The second kappa shape index (κ2) is 9.40. The normalized spacial score (nSPS) is 16.1. The molecule has 1 unspecified atom stereocenters. The van der Waals surface area contributed by atoms with Crippen LogP contribution >= 0.6 is 0 Å². The lowest BCUT2D eigenvalue weighted by Crippen LogP contribution is -2.30. The fraction of sp³-hybridized carbons (Fsp3) is 0.391. The number of hydrogen-bond acceptors (Lipinski definition) is 4. The molecule has 0 bridgehead atoms. The smallest absolute Gasteiger partial charge is 0.223 e. The lowest BCUT2D eigenvalue weighted by atomic mass is 10.0. The van der Waals surface area contributed by atoms with E-state index in [1.165, 1.54) is 0 Å². The molecule has 3 rings (SSSR count). The Balaban J connectivity index is 1.49. The number of methoxy groups -OCH3 is 1. The van der Waals surface area contributed by atoms with Crippen LogP contribution in [-0.4, -0.2) is 36.9 Å². The summed E-state index contributed by atoms with van der Waals surface area (Å²) in [6.07, 6.45) is 3.13. The standard InChI is InChI=1S/C23H27NO4/c1-17(25)18-10-12-20(13-11-18)28-15-5-9-23(26)24-14-4-8-22(24)19-6-3-7-21(16-19)27-2/h3,6-7,10-13,16,22H,4-5,8-9,14-15H2,1-2H3. The summed E-state index contributed by atoms with van der Waals surface area (Å²) >= 11 is 0. The van der Waals surface area contributed by atoms with Crippen molar-refractivity contribution < 1.29 is 19.1 Å². The highest BCUT2D eigenvalue weighted by Crippen LogP contribution is 2.34. The highest BCUT2D eigenvalue weighted by molar-refractivity contribution is 5.94. The molecule has 5 heteroatoms. The number of carbonyl (C=O) groups is 2. The van der Waals surface area contributed by atoms with Gasteiger partial charge in [-0.25, -0.2) is 0 Å². The van der Waals surface area contributed by atoms with Gasteiger partial charge in [-0.1, -0.05) is 12.1 Å². The average molecular weight is 381 g/mol. The molecule has 1 aliphatic heterocycles. The van der Waals surface area contributed by atoms with Crippen LogP contribution in [-0.2, 0) is 4.79 Å². The molecule has 1 atom stereocenters. The van der Waals surface area contributed by atoms with E-state index in [4.69, 9.17) is 9.47 Å². The molecular weight excluding hydrogens is 354 g/mol. The minimum Gasteiger partial charge on any atom is -0.497 e. The van der Waals surface area contributed by atoms with E-state index >= 15 is 0 Å². The van der Waals surface area contributed by atoms with Gasteiger partial charge in [0.25, 0.3) is 0 Å². The predicted molar refractivity (Wildman–Crippen MR) is 108 cm³/mol. The number of carbonyl (C=O) groups excluding carboxylic acids is 2. The van der Waals surface area contributed by atoms with Crippen LogP contribution in [0.15, 0.2) is 48.5 Å². The molecule has 5 nitrogen and oxygen atoms in total. The van der Waals surface area contributed by atoms with Crippen LogP contribution in [0.4, 0.5) is 0 Å². The summed E-state index contributed by atoms with van der Waals surface area (Å²) in [6, 6.07) is 15.2. The second-order valence-corrected chi connectivity index (χ2v) is 7.05. The first-order valence-corrected chi connectivity index (χ1v) is 9.75. The van der Waals surface area contributed by atoms with Crippen molar-refractivity contribution in [1.29, 1.82) is 0 Å². The summed E-state index contributed by atoms with van der Waals surface area (Å²) in [4.78, 5) is 26.0. The molecule has 1 amide bonds. The van der Waals surface area contributed by atoms with Crippen molar-refractivity contribution in [1.82, 2.24) is 4.90 Å². The lowest BCUT2D eigenvalue weighted by Gasteiger charge is -2.25. The van der Waals surface area contributed by atoms with Gasteiger partial charge in [0, 0.05) is 18.5 Å². The first-order chi connectivity index (χ1) is 13.6. The van der Waals surface area contributed by atoms with Crippen LogP contribution in [0.3, 0.4) is 0 Å². The summed E-state index contributed by atoms with van der Waals surface area (Å²) in [5.41, 5.74) is 1.80. The number of Topliss-reactive ketones (excluding diaryl/α,β-unsaturated/α-hetero) is 1. The zero-order valence-electron chi connectivity index (χ0n) is 16.5. The van der Waals surface area contributed by atoms with Crippen LogP contribution in [0, 0.1) is 0 Å². The minimum absolute atomic E-state index is 0.0355. The Kier molecular flexibility index (Phi) is 6.69. The molecule has 0 saturated carbocycles. The Labute approximate surface area is 166 Å². The van der Waals surface area contributed by atoms with Crippen molar-refractivity contribution in [2.24, 2.45) is 0 Å². The second-order valence-electron chi connectivity index (χ2n) is 7.05. The maximum atomic E-state index is 12.7. The third kappa shape index (κ3) is 4.91. The average Bonchev–Trinajstić information content (AvgIpc) is 3.21. The van der Waals surface area contributed by atoms with Gasteiger partial charge in [-0.2, -0.15) is 0 Å². The van der Waals surface area contributed by atoms with E-state index in [-0.39, 0.29) is 17.7 Å². The molecule has 28 heavy (non-hydrogen) atoms. The fourth-order valence-electron chi connectivity index (χ4n) is 3.60. The molecule has 1 saturated heterocycles. The largest absolute Gasteiger partial charge is 0.497 e. The fourth-order valence-corrected chi connectivity index (χ4v) is 3.60. The van der Waals surface area contributed by atoms with Crippen molar-refractivity contribution in [2.75, 3.05) is 20.3 Å². The number of amides is 1. The molecule has 1 aliphatic rings. The maximum absolute atomic E-state index is 12.7. The molecule has 0 aromatic heterocycles. The van der Waals surface area contributed by atoms with E-state index in [1.807, 2.05) is 23.1 Å². The Bertz CT molecular complexity index is 816. The summed E-state index contributed by atoms with van der Waals surface area (Å²) in [6.45, 7) is 2.81. The van der Waals surface area contributed by atoms with Crippen molar-refractivity contribution in [2.45, 2.75) is 38.6 Å². The molecule has 148 valence electrons. The van der Waals surface area contributed by atoms with Crippen molar-refractivity contribution in [3.05, 3.63) is 59.7 Å². The molecule has 1 fully saturated rings. The zero-order valence-corrected chi connectivity index (χ0v) is 16.5. The van der Waals surface area contributed by atoms with E-state index < -0.39 is 0 Å². The van der Waals surface area contributed by atoms with Crippen LogP contribution in [0.5, 0.6) is 11.5 Å². The number of ether oxygens (including phenoxy) is 2. The Morgan fingerprint density at radius 3 is 2.61 bits per heavy atom. The first-order valence-electron chi connectivity index (χ1n) is 9.75. The quantitative estimate of drug-likeness (QED) is 0.502. The Morgan fingerprint density at radius 1 is 1.11 bits per heavy atom. The zero-order chi connectivity index (χ0) is 19.9. The van der Waals surface area contributed by atoms with Crippen molar-refractivity contribution in [3.63, 3.8) is 0 Å². The van der Waals surface area contributed by atoms with Gasteiger partial charge < -0.3 is 14.4 Å². The number of hydrogen-bond donors (Lipinski definition) is 0. The molecule has 2 aromatic rings. The van der Waals surface area contributed by atoms with Gasteiger partial charge >= 0.3 is 0 Å². The van der Waals surface area contributed by atoms with Crippen molar-refractivity contribution >= 4 is 11.7 Å². The molecule has 0 spiro atoms. The SMILES string of the molecule is COc1cccc(C2CCCN2C(=O)CCCOc2ccc(C(C)=O)cc2)c1. The topological polar surface area (TPSA) is 55.8 Å². The third-order valence-corrected chi connectivity index (χ3v) is 5.12. The molecule has 2 aromatic carbocycles.